The Kier molecular flexibility index (Phi) is 4.56. The number of hydrogen-bond donors (Lipinski definition) is 0. The van der Waals surface area contributed by atoms with Gasteiger partial charge in [-0.15, -0.1) is 0 Å². The van der Waals surface area contributed by atoms with Crippen LogP contribution in [-0.2, 0) is 0 Å². The molecule has 1 nitrogen and oxygen atoms in total. The van der Waals surface area contributed by atoms with Gasteiger partial charge in [-0.1, -0.05) is 55.1 Å². The van der Waals surface area contributed by atoms with Crippen LogP contribution in [0.5, 0.6) is 0 Å². The van der Waals surface area contributed by atoms with E-state index in [0.29, 0.717) is 0 Å². The number of allylic oxidation sites excluding steroid dienone is 3. The third-order valence-corrected chi connectivity index (χ3v) is 3.06. The molecule has 20 heavy (non-hydrogen) atoms. The quantitative estimate of drug-likeness (QED) is 0.652. The van der Waals surface area contributed by atoms with Gasteiger partial charge >= 0.3 is 0 Å². The largest absolute Gasteiger partial charge is 0.311 e. The van der Waals surface area contributed by atoms with Gasteiger partial charge in [-0.25, -0.2) is 0 Å². The van der Waals surface area contributed by atoms with Crippen LogP contribution in [-0.4, -0.2) is 0 Å². The fraction of sp³-hybridized carbons (Fsp3) is 0.0526. The number of anilines is 2. The van der Waals surface area contributed by atoms with Gasteiger partial charge in [0.2, 0.25) is 0 Å². The van der Waals surface area contributed by atoms with Crippen molar-refractivity contribution in [2.75, 3.05) is 4.90 Å². The molecule has 0 atom stereocenters. The molecule has 2 aromatic carbocycles. The van der Waals surface area contributed by atoms with Gasteiger partial charge in [0.15, 0.2) is 0 Å². The highest BCUT2D eigenvalue weighted by atomic mass is 15.1. The Hall–Kier alpha value is -2.54. The standard InChI is InChI=1S/C19H19N/c1-4-9-17(5-2)20(18-10-7-6-8-11-18)19-14-12-16(3)13-15-19/h4-15H,1-2H2,3H3. The number of rotatable bonds is 5. The molecule has 0 unspecified atom stereocenters. The molecule has 0 aromatic heterocycles. The topological polar surface area (TPSA) is 3.24 Å². The van der Waals surface area contributed by atoms with Crippen molar-refractivity contribution in [3.8, 4) is 0 Å². The molecule has 0 saturated carbocycles. The maximum absolute atomic E-state index is 3.91. The molecule has 0 N–H and O–H groups in total. The molecule has 0 heterocycles. The highest BCUT2D eigenvalue weighted by Gasteiger charge is 2.11. The van der Waals surface area contributed by atoms with Gasteiger partial charge < -0.3 is 4.90 Å². The number of hydrogen-bond acceptors (Lipinski definition) is 1. The fourth-order valence-electron chi connectivity index (χ4n) is 2.07. The molecule has 0 amide bonds. The van der Waals surface area contributed by atoms with Gasteiger partial charge in [0.1, 0.15) is 0 Å². The number of benzene rings is 2. The van der Waals surface area contributed by atoms with Crippen LogP contribution in [0.2, 0.25) is 0 Å². The van der Waals surface area contributed by atoms with Crippen LogP contribution in [0.15, 0.2) is 91.7 Å². The van der Waals surface area contributed by atoms with Gasteiger partial charge in [-0.2, -0.15) is 0 Å². The zero-order valence-corrected chi connectivity index (χ0v) is 11.8. The lowest BCUT2D eigenvalue weighted by atomic mass is 10.1. The number of para-hydroxylation sites is 1. The molecule has 2 aromatic rings. The third kappa shape index (κ3) is 3.07. The van der Waals surface area contributed by atoms with Crippen molar-refractivity contribution in [3.05, 3.63) is 97.2 Å². The zero-order chi connectivity index (χ0) is 14.4. The Balaban J connectivity index is 2.54. The van der Waals surface area contributed by atoms with E-state index in [0.717, 1.165) is 17.1 Å². The number of aryl methyl sites for hydroxylation is 1. The van der Waals surface area contributed by atoms with Crippen molar-refractivity contribution in [1.29, 1.82) is 0 Å². The van der Waals surface area contributed by atoms with E-state index in [9.17, 15) is 0 Å². The molecule has 0 spiro atoms. The monoisotopic (exact) mass is 261 g/mol. The first-order valence-corrected chi connectivity index (χ1v) is 6.63. The summed E-state index contributed by atoms with van der Waals surface area (Å²) in [6.07, 6.45) is 5.58. The van der Waals surface area contributed by atoms with Crippen molar-refractivity contribution in [1.82, 2.24) is 0 Å². The lowest BCUT2D eigenvalue weighted by Gasteiger charge is -2.26. The lowest BCUT2D eigenvalue weighted by Crippen LogP contribution is -2.14. The van der Waals surface area contributed by atoms with Crippen molar-refractivity contribution in [2.45, 2.75) is 6.92 Å². The molecule has 0 bridgehead atoms. The summed E-state index contributed by atoms with van der Waals surface area (Å²) in [4.78, 5) is 2.16. The number of nitrogens with zero attached hydrogens (tertiary/aromatic N) is 1. The van der Waals surface area contributed by atoms with E-state index in [1.165, 1.54) is 5.56 Å². The molecule has 0 radical (unpaired) electrons. The van der Waals surface area contributed by atoms with E-state index >= 15 is 0 Å². The summed E-state index contributed by atoms with van der Waals surface area (Å²) in [6, 6.07) is 18.7. The van der Waals surface area contributed by atoms with Crippen LogP contribution in [0.4, 0.5) is 11.4 Å². The summed E-state index contributed by atoms with van der Waals surface area (Å²) in [5.74, 6) is 0. The summed E-state index contributed by atoms with van der Waals surface area (Å²) in [5.41, 5.74) is 4.45. The molecule has 2 rings (SSSR count). The maximum atomic E-state index is 3.91. The average molecular weight is 261 g/mol. The molecule has 0 saturated heterocycles. The Morgan fingerprint density at radius 2 is 1.50 bits per heavy atom. The molecular formula is C19H19N. The van der Waals surface area contributed by atoms with Crippen LogP contribution in [0, 0.1) is 6.92 Å². The second-order valence-electron chi connectivity index (χ2n) is 4.54. The van der Waals surface area contributed by atoms with E-state index < -0.39 is 0 Å². The van der Waals surface area contributed by atoms with E-state index in [1.54, 1.807) is 6.08 Å². The minimum absolute atomic E-state index is 0.995. The smallest absolute Gasteiger partial charge is 0.0461 e. The van der Waals surface area contributed by atoms with Gasteiger partial charge in [0.25, 0.3) is 0 Å². The van der Waals surface area contributed by atoms with Crippen LogP contribution in [0.25, 0.3) is 0 Å². The first-order chi connectivity index (χ1) is 9.76. The lowest BCUT2D eigenvalue weighted by molar-refractivity contribution is 1.21. The van der Waals surface area contributed by atoms with Gasteiger partial charge in [-0.05, 0) is 43.3 Å². The maximum Gasteiger partial charge on any atom is 0.0461 e. The van der Waals surface area contributed by atoms with Crippen molar-refractivity contribution in [3.63, 3.8) is 0 Å². The van der Waals surface area contributed by atoms with Gasteiger partial charge in [-0.3, -0.25) is 0 Å². The van der Waals surface area contributed by atoms with Crippen molar-refractivity contribution >= 4 is 11.4 Å². The molecular weight excluding hydrogens is 242 g/mol. The minimum Gasteiger partial charge on any atom is -0.311 e. The molecule has 0 aliphatic heterocycles. The first kappa shape index (κ1) is 13.9. The van der Waals surface area contributed by atoms with E-state index in [2.05, 4.69) is 61.4 Å². The summed E-state index contributed by atoms with van der Waals surface area (Å²) < 4.78 is 0. The molecule has 1 heteroatoms. The first-order valence-electron chi connectivity index (χ1n) is 6.63. The minimum atomic E-state index is 0.995. The zero-order valence-electron chi connectivity index (χ0n) is 11.8. The summed E-state index contributed by atoms with van der Waals surface area (Å²) in [5, 5.41) is 0. The highest BCUT2D eigenvalue weighted by Crippen LogP contribution is 2.30. The van der Waals surface area contributed by atoms with Crippen LogP contribution < -0.4 is 4.90 Å². The van der Waals surface area contributed by atoms with Gasteiger partial charge in [0, 0.05) is 17.1 Å². The van der Waals surface area contributed by atoms with Crippen molar-refractivity contribution < 1.29 is 0 Å². The highest BCUT2D eigenvalue weighted by molar-refractivity contribution is 5.70. The molecule has 0 fully saturated rings. The van der Waals surface area contributed by atoms with E-state index in [4.69, 9.17) is 0 Å². The SMILES string of the molecule is C=CC=C(C=C)N(c1ccccc1)c1ccc(C)cc1. The Morgan fingerprint density at radius 3 is 2.05 bits per heavy atom. The summed E-state index contributed by atoms with van der Waals surface area (Å²) in [7, 11) is 0. The Morgan fingerprint density at radius 1 is 0.900 bits per heavy atom. The summed E-state index contributed by atoms with van der Waals surface area (Å²) in [6.45, 7) is 9.78. The predicted octanol–water partition coefficient (Wildman–Crippen LogP) is 5.39. The van der Waals surface area contributed by atoms with E-state index in [1.807, 2.05) is 30.4 Å². The predicted molar refractivity (Wildman–Crippen MR) is 88.2 cm³/mol. The second-order valence-corrected chi connectivity index (χ2v) is 4.54. The molecule has 0 aliphatic rings. The molecule has 0 aliphatic carbocycles. The van der Waals surface area contributed by atoms with Crippen LogP contribution in [0.1, 0.15) is 5.56 Å². The second kappa shape index (κ2) is 6.58. The summed E-state index contributed by atoms with van der Waals surface area (Å²) >= 11 is 0. The van der Waals surface area contributed by atoms with Crippen LogP contribution >= 0.6 is 0 Å². The third-order valence-electron chi connectivity index (χ3n) is 3.06. The van der Waals surface area contributed by atoms with E-state index in [-0.39, 0.29) is 0 Å². The molecule has 100 valence electrons. The Bertz CT molecular complexity index is 606. The normalized spacial score (nSPS) is 10.9. The van der Waals surface area contributed by atoms with Crippen LogP contribution in [0.3, 0.4) is 0 Å². The van der Waals surface area contributed by atoms with Gasteiger partial charge in [0.05, 0.1) is 0 Å². The van der Waals surface area contributed by atoms with Crippen molar-refractivity contribution in [2.24, 2.45) is 0 Å². The average Bonchev–Trinajstić information content (AvgIpc) is 2.49. The Labute approximate surface area is 121 Å². The fourth-order valence-corrected chi connectivity index (χ4v) is 2.07.